The number of thiophene rings is 2. The smallest absolute Gasteiger partial charge is 0.0620 e. The van der Waals surface area contributed by atoms with Crippen molar-refractivity contribution in [2.75, 3.05) is 9.80 Å². The van der Waals surface area contributed by atoms with Crippen molar-refractivity contribution in [3.63, 3.8) is 0 Å². The lowest BCUT2D eigenvalue weighted by atomic mass is 10.0. The zero-order valence-corrected chi connectivity index (χ0v) is 37.7. The SMILES string of the molecule is c1ccc(N(c2ccc3cc4c5cccc6c7cc8ccc(N(c9ccccc9)c9ccc%10sc%11ccccc%11c%10c9)cc8cc7n(c4cc3c2)c56)c2ccc3sc4ccccc4c3c2)cc1. The first kappa shape index (κ1) is 37.0. The molecule has 4 heterocycles. The van der Waals surface area contributed by atoms with Gasteiger partial charge in [0, 0.05) is 96.0 Å². The molecule has 0 saturated carbocycles. The van der Waals surface area contributed by atoms with Crippen molar-refractivity contribution in [3.05, 3.63) is 224 Å². The van der Waals surface area contributed by atoms with E-state index in [4.69, 9.17) is 0 Å². The fourth-order valence-corrected chi connectivity index (χ4v) is 13.1. The molecule has 0 radical (unpaired) electrons. The van der Waals surface area contributed by atoms with Gasteiger partial charge >= 0.3 is 0 Å². The van der Waals surface area contributed by atoms with Crippen LogP contribution in [0.25, 0.3) is 100.0 Å². The van der Waals surface area contributed by atoms with E-state index in [0.717, 1.165) is 34.1 Å². The second-order valence-corrected chi connectivity index (χ2v) is 19.9. The van der Waals surface area contributed by atoms with Gasteiger partial charge in [0.25, 0.3) is 0 Å². The van der Waals surface area contributed by atoms with Crippen molar-refractivity contribution in [3.8, 4) is 0 Å². The first-order chi connectivity index (χ1) is 33.2. The molecule has 0 unspecified atom stereocenters. The predicted octanol–water partition coefficient (Wildman–Crippen LogP) is 18.8. The molecule has 0 aliphatic heterocycles. The molecule has 0 amide bonds. The molecule has 0 atom stereocenters. The zero-order chi connectivity index (χ0) is 43.7. The van der Waals surface area contributed by atoms with Crippen LogP contribution in [0.15, 0.2) is 224 Å². The van der Waals surface area contributed by atoms with Crippen LogP contribution < -0.4 is 9.80 Å². The molecule has 15 rings (SSSR count). The molecule has 312 valence electrons. The van der Waals surface area contributed by atoms with Gasteiger partial charge in [0.2, 0.25) is 0 Å². The van der Waals surface area contributed by atoms with Crippen molar-refractivity contribution in [1.82, 2.24) is 4.40 Å². The van der Waals surface area contributed by atoms with Gasteiger partial charge in [-0.15, -0.1) is 22.7 Å². The standard InChI is InChI=1S/C62H37N3S2/c1-3-12-42(13-4-1)63(46-26-28-60-54(36-46)48-16-7-9-20-58(48)66-60)44-24-22-38-32-52-50-18-11-19-51-53-33-39-23-25-45(31-41(39)35-57(53)65(62(50)51)56(52)34-40(38)30-44)64(43-14-5-2-6-15-43)47-27-29-61-55(37-47)49-17-8-10-21-59(49)67-61/h1-37H. The summed E-state index contributed by atoms with van der Waals surface area (Å²) in [6.07, 6.45) is 0. The Hall–Kier alpha value is -8.22. The average Bonchev–Trinajstić information content (AvgIpc) is 4.13. The molecule has 5 heteroatoms. The Morgan fingerprint density at radius 1 is 0.254 bits per heavy atom. The van der Waals surface area contributed by atoms with Crippen LogP contribution >= 0.6 is 22.7 Å². The average molecular weight is 888 g/mol. The quantitative estimate of drug-likeness (QED) is 0.165. The van der Waals surface area contributed by atoms with Gasteiger partial charge in [-0.05, 0) is 143 Å². The summed E-state index contributed by atoms with van der Waals surface area (Å²) in [5.74, 6) is 0. The molecular formula is C62H37N3S2. The van der Waals surface area contributed by atoms with E-state index in [9.17, 15) is 0 Å². The van der Waals surface area contributed by atoms with Crippen molar-refractivity contribution in [1.29, 1.82) is 0 Å². The highest BCUT2D eigenvalue weighted by Gasteiger charge is 2.21. The minimum Gasteiger partial charge on any atom is -0.310 e. The van der Waals surface area contributed by atoms with Gasteiger partial charge in [-0.2, -0.15) is 0 Å². The van der Waals surface area contributed by atoms with Crippen LogP contribution in [0.1, 0.15) is 0 Å². The van der Waals surface area contributed by atoms with E-state index in [-0.39, 0.29) is 0 Å². The molecule has 3 nitrogen and oxygen atoms in total. The fourth-order valence-electron chi connectivity index (χ4n) is 11.0. The highest BCUT2D eigenvalue weighted by molar-refractivity contribution is 7.26. The summed E-state index contributed by atoms with van der Waals surface area (Å²) in [6.45, 7) is 0. The van der Waals surface area contributed by atoms with Gasteiger partial charge < -0.3 is 14.2 Å². The summed E-state index contributed by atoms with van der Waals surface area (Å²) >= 11 is 3.72. The molecule has 0 aliphatic rings. The number of aromatic nitrogens is 1. The third-order valence-corrected chi connectivity index (χ3v) is 16.3. The van der Waals surface area contributed by atoms with Crippen LogP contribution in [0, 0.1) is 0 Å². The zero-order valence-electron chi connectivity index (χ0n) is 36.0. The highest BCUT2D eigenvalue weighted by Crippen LogP contribution is 2.46. The summed E-state index contributed by atoms with van der Waals surface area (Å²) in [6, 6.07) is 83.3. The maximum Gasteiger partial charge on any atom is 0.0620 e. The monoisotopic (exact) mass is 887 g/mol. The summed E-state index contributed by atoms with van der Waals surface area (Å²) in [5, 5.41) is 15.2. The number of benzene rings is 11. The molecule has 67 heavy (non-hydrogen) atoms. The number of rotatable bonds is 6. The lowest BCUT2D eigenvalue weighted by Gasteiger charge is -2.26. The Morgan fingerprint density at radius 2 is 0.657 bits per heavy atom. The van der Waals surface area contributed by atoms with Crippen molar-refractivity contribution in [2.45, 2.75) is 0 Å². The normalized spacial score (nSPS) is 12.2. The fraction of sp³-hybridized carbons (Fsp3) is 0. The summed E-state index contributed by atoms with van der Waals surface area (Å²) in [4.78, 5) is 4.80. The van der Waals surface area contributed by atoms with E-state index >= 15 is 0 Å². The van der Waals surface area contributed by atoms with E-state index in [1.54, 1.807) is 0 Å². The largest absolute Gasteiger partial charge is 0.310 e. The lowest BCUT2D eigenvalue weighted by molar-refractivity contribution is 1.29. The number of anilines is 6. The first-order valence-corrected chi connectivity index (χ1v) is 24.4. The van der Waals surface area contributed by atoms with E-state index in [1.165, 1.54) is 100.0 Å². The second-order valence-electron chi connectivity index (χ2n) is 17.7. The van der Waals surface area contributed by atoms with Crippen molar-refractivity contribution >= 4 is 157 Å². The van der Waals surface area contributed by atoms with Crippen LogP contribution in [0.4, 0.5) is 34.1 Å². The molecule has 0 bridgehead atoms. The molecule has 0 N–H and O–H groups in total. The molecule has 0 aliphatic carbocycles. The summed E-state index contributed by atoms with van der Waals surface area (Å²) < 4.78 is 7.77. The maximum atomic E-state index is 2.53. The molecule has 15 aromatic rings. The van der Waals surface area contributed by atoms with E-state index in [0.29, 0.717) is 0 Å². The third kappa shape index (κ3) is 5.56. The molecular weight excluding hydrogens is 851 g/mol. The van der Waals surface area contributed by atoms with Gasteiger partial charge in [0.15, 0.2) is 0 Å². The van der Waals surface area contributed by atoms with Crippen molar-refractivity contribution in [2.24, 2.45) is 0 Å². The second kappa shape index (κ2) is 14.1. The van der Waals surface area contributed by atoms with Crippen LogP contribution in [-0.2, 0) is 0 Å². The van der Waals surface area contributed by atoms with Gasteiger partial charge in [-0.25, -0.2) is 0 Å². The van der Waals surface area contributed by atoms with Gasteiger partial charge in [-0.1, -0.05) is 103 Å². The van der Waals surface area contributed by atoms with E-state index in [1.807, 2.05) is 22.7 Å². The lowest BCUT2D eigenvalue weighted by Crippen LogP contribution is -2.09. The van der Waals surface area contributed by atoms with Crippen LogP contribution in [0.3, 0.4) is 0 Å². The third-order valence-electron chi connectivity index (χ3n) is 14.0. The molecule has 0 spiro atoms. The first-order valence-electron chi connectivity index (χ1n) is 22.8. The number of para-hydroxylation sites is 3. The minimum atomic E-state index is 1.13. The van der Waals surface area contributed by atoms with Crippen LogP contribution in [0.2, 0.25) is 0 Å². The van der Waals surface area contributed by atoms with Crippen LogP contribution in [0.5, 0.6) is 0 Å². The Kier molecular flexibility index (Phi) is 7.82. The number of nitrogens with zero attached hydrogens (tertiary/aromatic N) is 3. The van der Waals surface area contributed by atoms with Gasteiger partial charge in [-0.3, -0.25) is 0 Å². The minimum absolute atomic E-state index is 1.13. The predicted molar refractivity (Wildman–Crippen MR) is 291 cm³/mol. The van der Waals surface area contributed by atoms with Crippen molar-refractivity contribution < 1.29 is 0 Å². The number of fused-ring (bicyclic) bond motifs is 14. The highest BCUT2D eigenvalue weighted by atomic mass is 32.1. The van der Waals surface area contributed by atoms with E-state index in [2.05, 4.69) is 239 Å². The number of hydrogen-bond donors (Lipinski definition) is 0. The molecule has 4 aromatic heterocycles. The maximum absolute atomic E-state index is 2.53. The Morgan fingerprint density at radius 3 is 1.15 bits per heavy atom. The van der Waals surface area contributed by atoms with E-state index < -0.39 is 0 Å². The summed E-state index contributed by atoms with van der Waals surface area (Å²) in [7, 11) is 0. The number of hydrogen-bond acceptors (Lipinski definition) is 4. The Bertz CT molecular complexity index is 4190. The Labute approximate surface area is 393 Å². The molecule has 11 aromatic carbocycles. The van der Waals surface area contributed by atoms with Gasteiger partial charge in [0.1, 0.15) is 0 Å². The molecule has 0 saturated heterocycles. The van der Waals surface area contributed by atoms with Gasteiger partial charge in [0.05, 0.1) is 16.6 Å². The Balaban J connectivity index is 0.914. The topological polar surface area (TPSA) is 10.9 Å². The van der Waals surface area contributed by atoms with Crippen LogP contribution in [-0.4, -0.2) is 4.40 Å². The summed E-state index contributed by atoms with van der Waals surface area (Å²) in [5.41, 5.74) is 10.5. The molecule has 0 fully saturated rings.